The second-order valence-corrected chi connectivity index (χ2v) is 9.39. The summed E-state index contributed by atoms with van der Waals surface area (Å²) in [5.41, 5.74) is 1.82. The van der Waals surface area contributed by atoms with Crippen LogP contribution in [-0.4, -0.2) is 61.2 Å². The number of halogens is 1. The summed E-state index contributed by atoms with van der Waals surface area (Å²) >= 11 is 12.0. The van der Waals surface area contributed by atoms with Crippen LogP contribution < -0.4 is 25.0 Å². The number of carbonyl (C=O) groups excluding carboxylic acids is 2. The summed E-state index contributed by atoms with van der Waals surface area (Å²) in [6.07, 6.45) is 0. The van der Waals surface area contributed by atoms with Gasteiger partial charge in [-0.2, -0.15) is 0 Å². The number of para-hydroxylation sites is 1. The topological polar surface area (TPSA) is 83.1 Å². The normalized spacial score (nSPS) is 13.4. The lowest BCUT2D eigenvalue weighted by atomic mass is 10.1. The molecule has 0 saturated carbocycles. The zero-order chi connectivity index (χ0) is 26.2. The van der Waals surface area contributed by atoms with Gasteiger partial charge >= 0.3 is 0 Å². The number of benzene rings is 2. The smallest absolute Gasteiger partial charge is 0.257 e. The second kappa shape index (κ2) is 12.8. The number of amides is 2. The number of rotatable bonds is 8. The second-order valence-electron chi connectivity index (χ2n) is 8.57. The van der Waals surface area contributed by atoms with E-state index in [1.807, 2.05) is 50.8 Å². The predicted octanol–water partition coefficient (Wildman–Crippen LogP) is 4.57. The molecule has 3 rings (SSSR count). The fraction of sp³-hybridized carbons (Fsp3) is 0.423. The molecule has 0 bridgehead atoms. The molecule has 2 N–H and O–H groups in total. The summed E-state index contributed by atoms with van der Waals surface area (Å²) in [5, 5.41) is 6.53. The molecule has 2 amide bonds. The minimum Gasteiger partial charge on any atom is -0.494 e. The Kier molecular flexibility index (Phi) is 9.78. The maximum absolute atomic E-state index is 12.9. The number of hydrogen-bond donors (Lipinski definition) is 2. The van der Waals surface area contributed by atoms with Crippen LogP contribution >= 0.6 is 23.8 Å². The molecule has 1 saturated heterocycles. The lowest BCUT2D eigenvalue weighted by molar-refractivity contribution is -0.134. The molecule has 1 aliphatic rings. The van der Waals surface area contributed by atoms with Crippen LogP contribution in [0.25, 0.3) is 0 Å². The quantitative estimate of drug-likeness (QED) is 0.482. The maximum atomic E-state index is 12.9. The number of hydrogen-bond acceptors (Lipinski definition) is 6. The van der Waals surface area contributed by atoms with Crippen LogP contribution in [0.5, 0.6) is 11.5 Å². The van der Waals surface area contributed by atoms with Crippen LogP contribution in [0.15, 0.2) is 36.4 Å². The molecular formula is C26H33ClN4O4S. The molecule has 2 aromatic carbocycles. The van der Waals surface area contributed by atoms with E-state index in [-0.39, 0.29) is 22.8 Å². The van der Waals surface area contributed by atoms with Crippen molar-refractivity contribution in [2.24, 2.45) is 5.92 Å². The van der Waals surface area contributed by atoms with Gasteiger partial charge in [0.15, 0.2) is 5.11 Å². The average Bonchev–Trinajstić information content (AvgIpc) is 2.84. The highest BCUT2D eigenvalue weighted by Gasteiger charge is 2.25. The largest absolute Gasteiger partial charge is 0.494 e. The van der Waals surface area contributed by atoms with Gasteiger partial charge in [-0.25, -0.2) is 0 Å². The van der Waals surface area contributed by atoms with Crippen LogP contribution in [0.2, 0.25) is 5.02 Å². The van der Waals surface area contributed by atoms with E-state index in [0.717, 1.165) is 5.69 Å². The minimum absolute atomic E-state index is 0.0334. The SMILES string of the molecule is CCOc1cc(OCC)cc(C(=O)NC(=S)Nc2cccc(Cl)c2N2CCN(C(=O)C(C)C)CC2)c1. The van der Waals surface area contributed by atoms with Gasteiger partial charge in [0.2, 0.25) is 5.91 Å². The minimum atomic E-state index is -0.389. The number of anilines is 2. The van der Waals surface area contributed by atoms with Crippen molar-refractivity contribution in [3.05, 3.63) is 47.0 Å². The van der Waals surface area contributed by atoms with Gasteiger partial charge in [0, 0.05) is 43.7 Å². The van der Waals surface area contributed by atoms with Crippen LogP contribution in [0.4, 0.5) is 11.4 Å². The van der Waals surface area contributed by atoms with Gasteiger partial charge in [0.05, 0.1) is 29.6 Å². The van der Waals surface area contributed by atoms with Gasteiger partial charge in [-0.05, 0) is 50.3 Å². The van der Waals surface area contributed by atoms with Crippen LogP contribution in [0, 0.1) is 5.92 Å². The molecule has 1 fully saturated rings. The Balaban J connectivity index is 1.71. The Morgan fingerprint density at radius 1 is 1.03 bits per heavy atom. The highest BCUT2D eigenvalue weighted by molar-refractivity contribution is 7.80. The molecule has 0 aromatic heterocycles. The van der Waals surface area contributed by atoms with E-state index in [4.69, 9.17) is 33.3 Å². The lowest BCUT2D eigenvalue weighted by Crippen LogP contribution is -2.50. The molecule has 8 nitrogen and oxygen atoms in total. The van der Waals surface area contributed by atoms with Gasteiger partial charge in [-0.15, -0.1) is 0 Å². The van der Waals surface area contributed by atoms with Gasteiger partial charge in [-0.3, -0.25) is 14.9 Å². The fourth-order valence-corrected chi connectivity index (χ4v) is 4.48. The van der Waals surface area contributed by atoms with Crippen molar-refractivity contribution in [2.75, 3.05) is 49.6 Å². The lowest BCUT2D eigenvalue weighted by Gasteiger charge is -2.38. The first-order chi connectivity index (χ1) is 17.2. The number of nitrogens with one attached hydrogen (secondary N) is 2. The van der Waals surface area contributed by atoms with Crippen LogP contribution in [0.3, 0.4) is 0 Å². The van der Waals surface area contributed by atoms with Gasteiger partial charge in [0.1, 0.15) is 11.5 Å². The third-order valence-electron chi connectivity index (χ3n) is 5.63. The molecule has 36 heavy (non-hydrogen) atoms. The summed E-state index contributed by atoms with van der Waals surface area (Å²) in [5.74, 6) is 0.810. The zero-order valence-electron chi connectivity index (χ0n) is 21.1. The van der Waals surface area contributed by atoms with Gasteiger partial charge in [0.25, 0.3) is 5.91 Å². The summed E-state index contributed by atoms with van der Waals surface area (Å²) in [7, 11) is 0. The molecule has 194 valence electrons. The first-order valence-corrected chi connectivity index (χ1v) is 12.9. The standard InChI is InChI=1S/C26H33ClN4O4S/c1-5-34-19-14-18(15-20(16-19)35-6-2)24(32)29-26(36)28-22-9-7-8-21(27)23(22)30-10-12-31(13-11-30)25(33)17(3)4/h7-9,14-17H,5-6,10-13H2,1-4H3,(H2,28,29,32,36). The number of thiocarbonyl (C=S) groups is 1. The third kappa shape index (κ3) is 7.01. The van der Waals surface area contributed by atoms with E-state index >= 15 is 0 Å². The molecule has 0 aliphatic carbocycles. The van der Waals surface area contributed by atoms with E-state index in [0.29, 0.717) is 67.2 Å². The van der Waals surface area contributed by atoms with E-state index in [2.05, 4.69) is 15.5 Å². The Labute approximate surface area is 222 Å². The molecule has 0 spiro atoms. The maximum Gasteiger partial charge on any atom is 0.257 e. The number of ether oxygens (including phenoxy) is 2. The van der Waals surface area contributed by atoms with Crippen LogP contribution in [0.1, 0.15) is 38.1 Å². The molecule has 1 aliphatic heterocycles. The zero-order valence-corrected chi connectivity index (χ0v) is 22.7. The van der Waals surface area contributed by atoms with Crippen molar-refractivity contribution in [2.45, 2.75) is 27.7 Å². The van der Waals surface area contributed by atoms with Crippen molar-refractivity contribution in [1.29, 1.82) is 0 Å². The molecule has 2 aromatic rings. The molecule has 0 radical (unpaired) electrons. The number of nitrogens with zero attached hydrogens (tertiary/aromatic N) is 2. The fourth-order valence-electron chi connectivity index (χ4n) is 3.98. The third-order valence-corrected chi connectivity index (χ3v) is 6.14. The van der Waals surface area contributed by atoms with Gasteiger partial charge in [-0.1, -0.05) is 31.5 Å². The van der Waals surface area contributed by atoms with Crippen molar-refractivity contribution in [3.63, 3.8) is 0 Å². The van der Waals surface area contributed by atoms with E-state index in [1.165, 1.54) is 0 Å². The monoisotopic (exact) mass is 532 g/mol. The van der Waals surface area contributed by atoms with E-state index in [1.54, 1.807) is 18.2 Å². The molecule has 1 heterocycles. The van der Waals surface area contributed by atoms with Gasteiger partial charge < -0.3 is 24.6 Å². The Hall–Kier alpha value is -3.04. The summed E-state index contributed by atoms with van der Waals surface area (Å²) in [6, 6.07) is 10.5. The van der Waals surface area contributed by atoms with Crippen molar-refractivity contribution >= 4 is 52.1 Å². The summed E-state index contributed by atoms with van der Waals surface area (Å²) < 4.78 is 11.1. The number of piperazine rings is 1. The average molecular weight is 533 g/mol. The molecule has 0 unspecified atom stereocenters. The molecule has 0 atom stereocenters. The summed E-state index contributed by atoms with van der Waals surface area (Å²) in [4.78, 5) is 29.3. The Morgan fingerprint density at radius 3 is 2.19 bits per heavy atom. The Morgan fingerprint density at radius 2 is 1.64 bits per heavy atom. The first-order valence-electron chi connectivity index (χ1n) is 12.1. The van der Waals surface area contributed by atoms with Crippen molar-refractivity contribution in [3.8, 4) is 11.5 Å². The van der Waals surface area contributed by atoms with E-state index in [9.17, 15) is 9.59 Å². The van der Waals surface area contributed by atoms with E-state index < -0.39 is 0 Å². The molecule has 10 heteroatoms. The summed E-state index contributed by atoms with van der Waals surface area (Å²) in [6.45, 7) is 11.0. The molecular weight excluding hydrogens is 500 g/mol. The van der Waals surface area contributed by atoms with Crippen molar-refractivity contribution in [1.82, 2.24) is 10.2 Å². The Bertz CT molecular complexity index is 1080. The highest BCUT2D eigenvalue weighted by Crippen LogP contribution is 2.34. The predicted molar refractivity (Wildman–Crippen MR) is 148 cm³/mol. The van der Waals surface area contributed by atoms with Crippen molar-refractivity contribution < 1.29 is 19.1 Å². The first kappa shape index (κ1) is 27.5. The van der Waals surface area contributed by atoms with Crippen LogP contribution in [-0.2, 0) is 4.79 Å². The highest BCUT2D eigenvalue weighted by atomic mass is 35.5. The number of carbonyl (C=O) groups is 2.